The highest BCUT2D eigenvalue weighted by atomic mass is 35.5. The van der Waals surface area contributed by atoms with Crippen LogP contribution in [-0.4, -0.2) is 25.5 Å². The standard InChI is InChI=1S/C24H14ClF2N5O/c25-24-29-10-9-17(30-24)20-18-6-1-2-11-32(18)31-22(20)14-5-3-4-13(12-14)15-7-8-16(26)19(21(15)27)23(28)33/h1-12H,(H2,28,33). The number of hydrogen-bond acceptors (Lipinski definition) is 4. The zero-order valence-corrected chi connectivity index (χ0v) is 17.6. The Balaban J connectivity index is 1.73. The molecule has 33 heavy (non-hydrogen) atoms. The molecule has 3 aromatic heterocycles. The summed E-state index contributed by atoms with van der Waals surface area (Å²) in [5.41, 5.74) is 8.18. The van der Waals surface area contributed by atoms with Crippen molar-refractivity contribution in [3.63, 3.8) is 0 Å². The van der Waals surface area contributed by atoms with Gasteiger partial charge in [-0.1, -0.05) is 24.3 Å². The summed E-state index contributed by atoms with van der Waals surface area (Å²) in [5.74, 6) is -3.20. The number of benzene rings is 2. The molecule has 0 fully saturated rings. The molecule has 1 amide bonds. The van der Waals surface area contributed by atoms with Crippen LogP contribution in [0.1, 0.15) is 10.4 Å². The van der Waals surface area contributed by atoms with E-state index in [0.717, 1.165) is 17.1 Å². The largest absolute Gasteiger partial charge is 0.365 e. The van der Waals surface area contributed by atoms with Crippen LogP contribution >= 0.6 is 11.6 Å². The first-order valence-electron chi connectivity index (χ1n) is 9.79. The van der Waals surface area contributed by atoms with Gasteiger partial charge < -0.3 is 5.73 Å². The topological polar surface area (TPSA) is 86.2 Å². The van der Waals surface area contributed by atoms with Gasteiger partial charge in [-0.3, -0.25) is 4.79 Å². The Hall–Kier alpha value is -4.17. The molecule has 6 nitrogen and oxygen atoms in total. The zero-order chi connectivity index (χ0) is 23.1. The predicted octanol–water partition coefficient (Wildman–Crippen LogP) is 5.16. The van der Waals surface area contributed by atoms with Crippen LogP contribution in [0.15, 0.2) is 73.1 Å². The van der Waals surface area contributed by atoms with E-state index in [4.69, 9.17) is 22.4 Å². The number of carbonyl (C=O) groups is 1. The summed E-state index contributed by atoms with van der Waals surface area (Å²) >= 11 is 6.03. The van der Waals surface area contributed by atoms with Gasteiger partial charge in [-0.25, -0.2) is 23.3 Å². The van der Waals surface area contributed by atoms with Gasteiger partial charge in [0.05, 0.1) is 16.8 Å². The third-order valence-corrected chi connectivity index (χ3v) is 5.39. The Morgan fingerprint density at radius 2 is 1.82 bits per heavy atom. The first kappa shape index (κ1) is 20.7. The molecule has 0 atom stereocenters. The molecule has 0 saturated carbocycles. The molecule has 5 aromatic rings. The lowest BCUT2D eigenvalue weighted by Crippen LogP contribution is -2.16. The fourth-order valence-corrected chi connectivity index (χ4v) is 3.91. The van der Waals surface area contributed by atoms with Crippen molar-refractivity contribution in [3.8, 4) is 33.6 Å². The van der Waals surface area contributed by atoms with Gasteiger partial charge in [0.2, 0.25) is 5.28 Å². The number of rotatable bonds is 4. The smallest absolute Gasteiger partial charge is 0.254 e. The second-order valence-electron chi connectivity index (χ2n) is 7.19. The van der Waals surface area contributed by atoms with E-state index < -0.39 is 23.1 Å². The minimum atomic E-state index is -1.17. The lowest BCUT2D eigenvalue weighted by atomic mass is 9.97. The van der Waals surface area contributed by atoms with Crippen LogP contribution in [0.3, 0.4) is 0 Å². The number of nitrogens with two attached hydrogens (primary N) is 1. The molecule has 3 heterocycles. The lowest BCUT2D eigenvalue weighted by Gasteiger charge is -2.09. The third-order valence-electron chi connectivity index (χ3n) is 5.21. The fraction of sp³-hybridized carbons (Fsp3) is 0. The maximum atomic E-state index is 15.0. The van der Waals surface area contributed by atoms with E-state index in [1.54, 1.807) is 41.2 Å². The van der Waals surface area contributed by atoms with Gasteiger partial charge >= 0.3 is 0 Å². The summed E-state index contributed by atoms with van der Waals surface area (Å²) in [5, 5.41) is 4.78. The quantitative estimate of drug-likeness (QED) is 0.375. The van der Waals surface area contributed by atoms with Gasteiger partial charge in [0.1, 0.15) is 22.9 Å². The number of halogens is 3. The highest BCUT2D eigenvalue weighted by Gasteiger charge is 2.21. The summed E-state index contributed by atoms with van der Waals surface area (Å²) < 4.78 is 30.6. The molecular formula is C24H14ClF2N5O. The number of primary amides is 1. The summed E-state index contributed by atoms with van der Waals surface area (Å²) in [6.45, 7) is 0. The molecule has 0 aliphatic rings. The van der Waals surface area contributed by atoms with Crippen LogP contribution in [0.2, 0.25) is 5.28 Å². The SMILES string of the molecule is NC(=O)c1c(F)ccc(-c2cccc(-c3nn4ccccc4c3-c3ccnc(Cl)n3)c2)c1F. The molecule has 0 spiro atoms. The van der Waals surface area contributed by atoms with E-state index in [0.29, 0.717) is 22.5 Å². The molecule has 0 aliphatic heterocycles. The molecule has 0 radical (unpaired) electrons. The van der Waals surface area contributed by atoms with Crippen LogP contribution < -0.4 is 5.73 Å². The monoisotopic (exact) mass is 461 g/mol. The molecule has 162 valence electrons. The van der Waals surface area contributed by atoms with Crippen molar-refractivity contribution in [2.45, 2.75) is 0 Å². The minimum Gasteiger partial charge on any atom is -0.365 e. The number of amides is 1. The first-order chi connectivity index (χ1) is 15.9. The van der Waals surface area contributed by atoms with Crippen LogP contribution in [0.4, 0.5) is 8.78 Å². The molecule has 0 saturated heterocycles. The Kier molecular flexibility index (Phi) is 5.07. The molecule has 0 unspecified atom stereocenters. The van der Waals surface area contributed by atoms with Crippen molar-refractivity contribution < 1.29 is 13.6 Å². The van der Waals surface area contributed by atoms with Crippen LogP contribution in [0.5, 0.6) is 0 Å². The summed E-state index contributed by atoms with van der Waals surface area (Å²) in [7, 11) is 0. The number of carbonyl (C=O) groups excluding carboxylic acids is 1. The second-order valence-corrected chi connectivity index (χ2v) is 7.53. The number of hydrogen-bond donors (Lipinski definition) is 1. The van der Waals surface area contributed by atoms with Crippen molar-refractivity contribution >= 4 is 23.0 Å². The minimum absolute atomic E-state index is 0.0439. The molecular weight excluding hydrogens is 448 g/mol. The first-order valence-corrected chi connectivity index (χ1v) is 10.2. The zero-order valence-electron chi connectivity index (χ0n) is 16.8. The number of nitrogens with zero attached hydrogens (tertiary/aromatic N) is 4. The highest BCUT2D eigenvalue weighted by Crippen LogP contribution is 2.36. The molecule has 0 aliphatic carbocycles. The number of fused-ring (bicyclic) bond motifs is 1. The van der Waals surface area contributed by atoms with Crippen molar-refractivity contribution in [2.75, 3.05) is 0 Å². The van der Waals surface area contributed by atoms with Crippen LogP contribution in [0.25, 0.3) is 39.2 Å². The van der Waals surface area contributed by atoms with Gasteiger partial charge in [-0.2, -0.15) is 5.10 Å². The molecule has 0 bridgehead atoms. The Morgan fingerprint density at radius 1 is 1.00 bits per heavy atom. The van der Waals surface area contributed by atoms with Gasteiger partial charge in [-0.05, 0) is 53.6 Å². The highest BCUT2D eigenvalue weighted by molar-refractivity contribution is 6.28. The van der Waals surface area contributed by atoms with Crippen LogP contribution in [-0.2, 0) is 0 Å². The average Bonchev–Trinajstić information content (AvgIpc) is 3.19. The normalized spacial score (nSPS) is 11.1. The maximum absolute atomic E-state index is 15.0. The molecule has 9 heteroatoms. The van der Waals surface area contributed by atoms with E-state index in [-0.39, 0.29) is 10.8 Å². The molecule has 2 N–H and O–H groups in total. The van der Waals surface area contributed by atoms with Gasteiger partial charge in [0, 0.05) is 23.5 Å². The molecule has 5 rings (SSSR count). The van der Waals surface area contributed by atoms with Crippen molar-refractivity contribution in [1.29, 1.82) is 0 Å². The Labute approximate surface area is 191 Å². The Morgan fingerprint density at radius 3 is 2.61 bits per heavy atom. The van der Waals surface area contributed by atoms with Crippen LogP contribution in [0, 0.1) is 11.6 Å². The lowest BCUT2D eigenvalue weighted by molar-refractivity contribution is 0.0992. The van der Waals surface area contributed by atoms with Crippen molar-refractivity contribution in [3.05, 3.63) is 95.5 Å². The number of aromatic nitrogens is 4. The van der Waals surface area contributed by atoms with E-state index in [9.17, 15) is 13.6 Å². The molecule has 2 aromatic carbocycles. The van der Waals surface area contributed by atoms with E-state index in [1.807, 2.05) is 24.3 Å². The van der Waals surface area contributed by atoms with Gasteiger partial charge in [0.15, 0.2) is 0 Å². The van der Waals surface area contributed by atoms with Crippen molar-refractivity contribution in [1.82, 2.24) is 19.6 Å². The van der Waals surface area contributed by atoms with Gasteiger partial charge in [-0.15, -0.1) is 0 Å². The average molecular weight is 462 g/mol. The Bertz CT molecular complexity index is 1550. The van der Waals surface area contributed by atoms with E-state index >= 15 is 0 Å². The van der Waals surface area contributed by atoms with Crippen molar-refractivity contribution in [2.24, 2.45) is 5.73 Å². The fourth-order valence-electron chi connectivity index (χ4n) is 3.76. The van der Waals surface area contributed by atoms with E-state index in [2.05, 4.69) is 9.97 Å². The van der Waals surface area contributed by atoms with Gasteiger partial charge in [0.25, 0.3) is 5.91 Å². The second kappa shape index (κ2) is 8.07. The maximum Gasteiger partial charge on any atom is 0.254 e. The summed E-state index contributed by atoms with van der Waals surface area (Å²) in [4.78, 5) is 19.8. The summed E-state index contributed by atoms with van der Waals surface area (Å²) in [6, 6.07) is 16.5. The number of pyridine rings is 1. The third kappa shape index (κ3) is 3.60. The summed E-state index contributed by atoms with van der Waals surface area (Å²) in [6.07, 6.45) is 3.35. The van der Waals surface area contributed by atoms with E-state index in [1.165, 1.54) is 6.07 Å². The predicted molar refractivity (Wildman–Crippen MR) is 121 cm³/mol.